The van der Waals surface area contributed by atoms with Gasteiger partial charge >= 0.3 is 7.82 Å². The fourth-order valence-electron chi connectivity index (χ4n) is 1.51. The van der Waals surface area contributed by atoms with Gasteiger partial charge in [0.15, 0.2) is 5.78 Å². The van der Waals surface area contributed by atoms with E-state index in [0.717, 1.165) is 0 Å². The van der Waals surface area contributed by atoms with E-state index in [1.165, 1.54) is 0 Å². The fourth-order valence-corrected chi connectivity index (χ4v) is 1.89. The van der Waals surface area contributed by atoms with Gasteiger partial charge in [-0.05, 0) is 0 Å². The molecule has 1 rings (SSSR count). The van der Waals surface area contributed by atoms with Crippen LogP contribution in [-0.2, 0) is 13.9 Å². The summed E-state index contributed by atoms with van der Waals surface area (Å²) in [5.41, 5.74) is 0. The van der Waals surface area contributed by atoms with Crippen LogP contribution in [0.3, 0.4) is 0 Å². The minimum Gasteiger partial charge on any atom is -0.390 e. The number of hydrogen-bond acceptors (Lipinski definition) is 6. The highest BCUT2D eigenvalue weighted by molar-refractivity contribution is 7.46. The molecule has 0 saturated heterocycles. The topological polar surface area (TPSA) is 145 Å². The van der Waals surface area contributed by atoms with Gasteiger partial charge in [-0.3, -0.25) is 9.32 Å². The van der Waals surface area contributed by atoms with Crippen LogP contribution in [0.2, 0.25) is 0 Å². The maximum absolute atomic E-state index is 11.1. The van der Waals surface area contributed by atoms with Gasteiger partial charge in [0, 0.05) is 12.3 Å². The molecule has 0 bridgehead atoms. The summed E-state index contributed by atoms with van der Waals surface area (Å²) in [5.74, 6) is -1.64. The van der Waals surface area contributed by atoms with Crippen molar-refractivity contribution in [1.29, 1.82) is 0 Å². The maximum Gasteiger partial charge on any atom is 0.469 e. The summed E-state index contributed by atoms with van der Waals surface area (Å²) in [6.45, 7) is -0.568. The molecule has 1 fully saturated rings. The third kappa shape index (κ3) is 3.33. The number of carbonyl (C=O) groups is 1. The van der Waals surface area contributed by atoms with Crippen LogP contribution < -0.4 is 0 Å². The second-order valence-corrected chi connectivity index (χ2v) is 4.88. The molecular formula is C7H13O8P. The smallest absolute Gasteiger partial charge is 0.390 e. The van der Waals surface area contributed by atoms with E-state index in [-0.39, 0.29) is 6.42 Å². The van der Waals surface area contributed by atoms with Gasteiger partial charge in [-0.25, -0.2) is 4.57 Å². The number of phosphoric ester groups is 1. The minimum absolute atomic E-state index is 0.306. The van der Waals surface area contributed by atoms with Crippen molar-refractivity contribution in [3.63, 3.8) is 0 Å². The van der Waals surface area contributed by atoms with Crippen molar-refractivity contribution in [3.8, 4) is 0 Å². The van der Waals surface area contributed by atoms with E-state index >= 15 is 0 Å². The molecule has 5 N–H and O–H groups in total. The molecule has 0 heterocycles. The summed E-state index contributed by atoms with van der Waals surface area (Å²) >= 11 is 0. The van der Waals surface area contributed by atoms with Crippen LogP contribution >= 0.6 is 7.82 Å². The van der Waals surface area contributed by atoms with Crippen LogP contribution in [-0.4, -0.2) is 55.8 Å². The molecule has 1 saturated carbocycles. The van der Waals surface area contributed by atoms with Gasteiger partial charge < -0.3 is 25.1 Å². The van der Waals surface area contributed by atoms with Crippen molar-refractivity contribution in [2.24, 2.45) is 5.92 Å². The van der Waals surface area contributed by atoms with Crippen molar-refractivity contribution in [3.05, 3.63) is 0 Å². The highest BCUT2D eigenvalue weighted by atomic mass is 31.2. The Kier molecular flexibility index (Phi) is 4.19. The third-order valence-electron chi connectivity index (χ3n) is 2.41. The number of rotatable bonds is 3. The zero-order chi connectivity index (χ0) is 12.5. The lowest BCUT2D eigenvalue weighted by Gasteiger charge is -2.33. The molecule has 16 heavy (non-hydrogen) atoms. The number of phosphoric acid groups is 1. The molecule has 0 amide bonds. The first-order chi connectivity index (χ1) is 7.22. The lowest BCUT2D eigenvalue weighted by molar-refractivity contribution is -0.156. The zero-order valence-electron chi connectivity index (χ0n) is 8.13. The molecule has 0 aromatic carbocycles. The lowest BCUT2D eigenvalue weighted by Crippen LogP contribution is -2.52. The van der Waals surface area contributed by atoms with E-state index in [1.54, 1.807) is 0 Å². The summed E-state index contributed by atoms with van der Waals surface area (Å²) in [4.78, 5) is 28.0. The van der Waals surface area contributed by atoms with Crippen LogP contribution in [0.1, 0.15) is 6.42 Å². The molecule has 1 aliphatic carbocycles. The predicted octanol–water partition coefficient (Wildman–Crippen LogP) is -2.23. The third-order valence-corrected chi connectivity index (χ3v) is 2.89. The summed E-state index contributed by atoms with van der Waals surface area (Å²) in [6.07, 6.45) is -5.09. The molecule has 0 aromatic rings. The Balaban J connectivity index is 2.61. The van der Waals surface area contributed by atoms with Gasteiger partial charge in [-0.15, -0.1) is 0 Å². The Hall–Kier alpha value is -0.340. The molecule has 1 aliphatic rings. The van der Waals surface area contributed by atoms with Crippen LogP contribution in [0, 0.1) is 5.92 Å². The standard InChI is InChI=1S/C7H13O8P/c8-4-1-3(2-15-16(12,13)14)5(9)7(11)6(4)10/h3,5-7,9-11H,1-2H2,(H2,12,13,14)/t3-,5-,6+,7+/m1/s1. The van der Waals surface area contributed by atoms with E-state index in [2.05, 4.69) is 4.52 Å². The minimum atomic E-state index is -4.68. The first-order valence-corrected chi connectivity index (χ1v) is 6.02. The largest absolute Gasteiger partial charge is 0.469 e. The second kappa shape index (κ2) is 4.89. The van der Waals surface area contributed by atoms with E-state index < -0.39 is 44.4 Å². The molecule has 0 aliphatic heterocycles. The summed E-state index contributed by atoms with van der Waals surface area (Å²) in [6, 6.07) is 0. The van der Waals surface area contributed by atoms with Crippen molar-refractivity contribution in [2.45, 2.75) is 24.7 Å². The predicted molar refractivity (Wildman–Crippen MR) is 49.1 cm³/mol. The van der Waals surface area contributed by atoms with Gasteiger partial charge in [0.25, 0.3) is 0 Å². The molecule has 0 unspecified atom stereocenters. The Morgan fingerprint density at radius 3 is 2.31 bits per heavy atom. The number of ketones is 1. The summed E-state index contributed by atoms with van der Waals surface area (Å²) in [5, 5.41) is 27.8. The molecule has 0 spiro atoms. The van der Waals surface area contributed by atoms with Crippen LogP contribution in [0.4, 0.5) is 0 Å². The average Bonchev–Trinajstić information content (AvgIpc) is 2.17. The molecule has 8 nitrogen and oxygen atoms in total. The normalized spacial score (nSPS) is 36.4. The van der Waals surface area contributed by atoms with Gasteiger partial charge in [0.2, 0.25) is 0 Å². The molecular weight excluding hydrogens is 243 g/mol. The van der Waals surface area contributed by atoms with Crippen molar-refractivity contribution < 1.29 is 39.0 Å². The van der Waals surface area contributed by atoms with E-state index in [1.807, 2.05) is 0 Å². The van der Waals surface area contributed by atoms with Crippen molar-refractivity contribution >= 4 is 13.6 Å². The SMILES string of the molecule is O=C1C[C@H](COP(=O)(O)O)[C@@H](O)[C@H](O)[C@H]1O. The molecule has 0 aromatic heterocycles. The van der Waals surface area contributed by atoms with Crippen LogP contribution in [0.5, 0.6) is 0 Å². The first-order valence-electron chi connectivity index (χ1n) is 4.49. The van der Waals surface area contributed by atoms with Crippen LogP contribution in [0.15, 0.2) is 0 Å². The lowest BCUT2D eigenvalue weighted by atomic mass is 9.82. The quantitative estimate of drug-likeness (QED) is 0.357. The number of hydrogen-bond donors (Lipinski definition) is 5. The number of carbonyl (C=O) groups excluding carboxylic acids is 1. The van der Waals surface area contributed by atoms with Crippen LogP contribution in [0.25, 0.3) is 0 Å². The highest BCUT2D eigenvalue weighted by Crippen LogP contribution is 2.37. The Labute approximate surface area is 90.7 Å². The fraction of sp³-hybridized carbons (Fsp3) is 0.857. The first kappa shape index (κ1) is 13.7. The Bertz CT molecular complexity index is 312. The zero-order valence-corrected chi connectivity index (χ0v) is 9.03. The monoisotopic (exact) mass is 256 g/mol. The van der Waals surface area contributed by atoms with E-state index in [4.69, 9.17) is 14.9 Å². The molecule has 94 valence electrons. The number of aliphatic hydroxyl groups excluding tert-OH is 3. The highest BCUT2D eigenvalue weighted by Gasteiger charge is 2.42. The van der Waals surface area contributed by atoms with Crippen molar-refractivity contribution in [1.82, 2.24) is 0 Å². The van der Waals surface area contributed by atoms with E-state index in [9.17, 15) is 19.6 Å². The van der Waals surface area contributed by atoms with Crippen molar-refractivity contribution in [2.75, 3.05) is 6.61 Å². The Morgan fingerprint density at radius 2 is 1.81 bits per heavy atom. The van der Waals surface area contributed by atoms with E-state index in [0.29, 0.717) is 0 Å². The van der Waals surface area contributed by atoms with Gasteiger partial charge in [-0.2, -0.15) is 0 Å². The summed E-state index contributed by atoms with van der Waals surface area (Å²) in [7, 11) is -4.68. The maximum atomic E-state index is 11.1. The molecule has 9 heteroatoms. The van der Waals surface area contributed by atoms with Gasteiger partial charge in [-0.1, -0.05) is 0 Å². The molecule has 4 atom stereocenters. The average molecular weight is 256 g/mol. The van der Waals surface area contributed by atoms with Gasteiger partial charge in [0.05, 0.1) is 12.7 Å². The number of aliphatic hydroxyl groups is 3. The second-order valence-electron chi connectivity index (χ2n) is 3.64. The molecule has 0 radical (unpaired) electrons. The Morgan fingerprint density at radius 1 is 1.25 bits per heavy atom. The van der Waals surface area contributed by atoms with Gasteiger partial charge in [0.1, 0.15) is 12.2 Å². The number of Topliss-reactive ketones (excluding diaryl/α,β-unsaturated/α-hetero) is 1. The summed E-state index contributed by atoms with van der Waals surface area (Å²) < 4.78 is 14.5.